The monoisotopic (exact) mass is 287 g/mol. The number of hydrogen-bond donors (Lipinski definition) is 1. The molecule has 0 saturated heterocycles. The molecular formula is C17H21NO3. The van der Waals surface area contributed by atoms with E-state index in [1.54, 1.807) is 0 Å². The van der Waals surface area contributed by atoms with E-state index in [4.69, 9.17) is 9.47 Å². The van der Waals surface area contributed by atoms with Crippen LogP contribution in [0.15, 0.2) is 23.4 Å². The minimum Gasteiger partial charge on any atom is -0.490 e. The van der Waals surface area contributed by atoms with Crippen LogP contribution in [0.5, 0.6) is 11.5 Å². The van der Waals surface area contributed by atoms with Crippen molar-refractivity contribution in [3.63, 3.8) is 0 Å². The Bertz CT molecular complexity index is 571. The van der Waals surface area contributed by atoms with Crippen LogP contribution in [0, 0.1) is 0 Å². The molecule has 112 valence electrons. The highest BCUT2D eigenvalue weighted by atomic mass is 16.5. The maximum atomic E-state index is 9.36. The van der Waals surface area contributed by atoms with Crippen molar-refractivity contribution >= 4 is 5.71 Å². The molecule has 1 N–H and O–H groups in total. The molecule has 1 spiro atoms. The quantitative estimate of drug-likeness (QED) is 0.663. The first-order valence-electron chi connectivity index (χ1n) is 7.99. The van der Waals surface area contributed by atoms with Crippen LogP contribution in [0.25, 0.3) is 0 Å². The topological polar surface area (TPSA) is 51.1 Å². The lowest BCUT2D eigenvalue weighted by Gasteiger charge is -2.45. The van der Waals surface area contributed by atoms with Gasteiger partial charge >= 0.3 is 0 Å². The molecule has 4 nitrogen and oxygen atoms in total. The lowest BCUT2D eigenvalue weighted by molar-refractivity contribution is -0.00554. The maximum Gasteiger partial charge on any atom is 0.129 e. The molecule has 3 aliphatic rings. The van der Waals surface area contributed by atoms with Crippen LogP contribution in [-0.2, 0) is 0 Å². The first-order valence-corrected chi connectivity index (χ1v) is 7.99. The molecule has 1 aromatic carbocycles. The molecule has 0 unspecified atom stereocenters. The second-order valence-electron chi connectivity index (χ2n) is 6.54. The summed E-state index contributed by atoms with van der Waals surface area (Å²) in [6, 6.07) is 5.90. The predicted octanol–water partition coefficient (Wildman–Crippen LogP) is 3.89. The molecule has 1 aliphatic heterocycles. The van der Waals surface area contributed by atoms with Gasteiger partial charge in [0.1, 0.15) is 17.1 Å². The van der Waals surface area contributed by atoms with E-state index in [0.717, 1.165) is 48.5 Å². The molecule has 4 heteroatoms. The van der Waals surface area contributed by atoms with Crippen molar-refractivity contribution in [2.75, 3.05) is 0 Å². The van der Waals surface area contributed by atoms with Gasteiger partial charge in [0, 0.05) is 12.0 Å². The third-order valence-corrected chi connectivity index (χ3v) is 5.07. The molecule has 1 aromatic rings. The van der Waals surface area contributed by atoms with Crippen molar-refractivity contribution in [2.45, 2.75) is 63.1 Å². The fourth-order valence-corrected chi connectivity index (χ4v) is 3.70. The Labute approximate surface area is 124 Å². The minimum absolute atomic E-state index is 0.123. The molecule has 0 bridgehead atoms. The van der Waals surface area contributed by atoms with Crippen molar-refractivity contribution in [1.82, 2.24) is 0 Å². The van der Waals surface area contributed by atoms with Crippen molar-refractivity contribution in [1.29, 1.82) is 0 Å². The predicted molar refractivity (Wildman–Crippen MR) is 79.5 cm³/mol. The summed E-state index contributed by atoms with van der Waals surface area (Å²) in [7, 11) is 0. The Morgan fingerprint density at radius 3 is 2.67 bits per heavy atom. The van der Waals surface area contributed by atoms with Crippen LogP contribution in [-0.4, -0.2) is 22.6 Å². The van der Waals surface area contributed by atoms with Gasteiger partial charge < -0.3 is 14.7 Å². The van der Waals surface area contributed by atoms with Gasteiger partial charge in [-0.25, -0.2) is 0 Å². The van der Waals surface area contributed by atoms with E-state index in [-0.39, 0.29) is 5.60 Å². The number of fused-ring (bicyclic) bond motifs is 1. The fourth-order valence-electron chi connectivity index (χ4n) is 3.70. The smallest absolute Gasteiger partial charge is 0.129 e. The van der Waals surface area contributed by atoms with E-state index in [2.05, 4.69) is 5.16 Å². The Kier molecular flexibility index (Phi) is 3.05. The average Bonchev–Trinajstić information content (AvgIpc) is 2.97. The SMILES string of the molecule is O/N=C1/CC2(CCC2)Oc2ccc(OC3CCCC3)cc21. The third-order valence-electron chi connectivity index (χ3n) is 5.07. The van der Waals surface area contributed by atoms with Crippen molar-refractivity contribution in [2.24, 2.45) is 5.16 Å². The Hall–Kier alpha value is -1.71. The molecule has 0 radical (unpaired) electrons. The van der Waals surface area contributed by atoms with Gasteiger partial charge in [-0.2, -0.15) is 0 Å². The van der Waals surface area contributed by atoms with Crippen molar-refractivity contribution in [3.8, 4) is 11.5 Å². The average molecular weight is 287 g/mol. The van der Waals surface area contributed by atoms with Crippen LogP contribution in [0.2, 0.25) is 0 Å². The third kappa shape index (κ3) is 2.27. The largest absolute Gasteiger partial charge is 0.490 e. The molecule has 21 heavy (non-hydrogen) atoms. The molecule has 0 amide bonds. The van der Waals surface area contributed by atoms with Gasteiger partial charge in [-0.1, -0.05) is 5.16 Å². The molecule has 2 aliphatic carbocycles. The maximum absolute atomic E-state index is 9.36. The summed E-state index contributed by atoms with van der Waals surface area (Å²) in [4.78, 5) is 0. The molecule has 2 fully saturated rings. The van der Waals surface area contributed by atoms with Crippen LogP contribution in [0.4, 0.5) is 0 Å². The van der Waals surface area contributed by atoms with Gasteiger partial charge in [0.15, 0.2) is 0 Å². The number of benzene rings is 1. The van der Waals surface area contributed by atoms with E-state index in [1.165, 1.54) is 19.3 Å². The van der Waals surface area contributed by atoms with E-state index < -0.39 is 0 Å². The van der Waals surface area contributed by atoms with E-state index in [1.807, 2.05) is 18.2 Å². The van der Waals surface area contributed by atoms with Gasteiger partial charge in [-0.15, -0.1) is 0 Å². The van der Waals surface area contributed by atoms with E-state index in [9.17, 15) is 5.21 Å². The zero-order valence-electron chi connectivity index (χ0n) is 12.2. The number of hydrogen-bond acceptors (Lipinski definition) is 4. The summed E-state index contributed by atoms with van der Waals surface area (Å²) in [6.07, 6.45) is 9.10. The molecule has 1 heterocycles. The summed E-state index contributed by atoms with van der Waals surface area (Å²) >= 11 is 0. The first-order chi connectivity index (χ1) is 10.3. The summed E-state index contributed by atoms with van der Waals surface area (Å²) < 4.78 is 12.2. The zero-order valence-corrected chi connectivity index (χ0v) is 12.2. The normalized spacial score (nSPS) is 25.4. The van der Waals surface area contributed by atoms with Gasteiger partial charge in [0.25, 0.3) is 0 Å². The number of oxime groups is 1. The minimum atomic E-state index is -0.123. The molecular weight excluding hydrogens is 266 g/mol. The van der Waals surface area contributed by atoms with Crippen molar-refractivity contribution < 1.29 is 14.7 Å². The lowest BCUT2D eigenvalue weighted by atomic mass is 9.74. The summed E-state index contributed by atoms with van der Waals surface area (Å²) in [5.74, 6) is 1.68. The summed E-state index contributed by atoms with van der Waals surface area (Å²) in [5, 5.41) is 12.9. The highest BCUT2D eigenvalue weighted by Gasteiger charge is 2.44. The standard InChI is InChI=1S/C17H21NO3/c19-18-15-11-17(8-3-9-17)21-16-7-6-13(10-14(15)16)20-12-4-1-2-5-12/h6-7,10,12,19H,1-5,8-9,11H2/b18-15-. The zero-order chi connectivity index (χ0) is 14.3. The lowest BCUT2D eigenvalue weighted by Crippen LogP contribution is -2.47. The van der Waals surface area contributed by atoms with Crippen LogP contribution in [0.3, 0.4) is 0 Å². The van der Waals surface area contributed by atoms with E-state index in [0.29, 0.717) is 12.5 Å². The Morgan fingerprint density at radius 2 is 2.00 bits per heavy atom. The van der Waals surface area contributed by atoms with Crippen LogP contribution < -0.4 is 9.47 Å². The number of ether oxygens (including phenoxy) is 2. The Balaban J connectivity index is 1.61. The van der Waals surface area contributed by atoms with E-state index >= 15 is 0 Å². The van der Waals surface area contributed by atoms with Crippen molar-refractivity contribution in [3.05, 3.63) is 23.8 Å². The van der Waals surface area contributed by atoms with Gasteiger partial charge in [-0.3, -0.25) is 0 Å². The number of nitrogens with zero attached hydrogens (tertiary/aromatic N) is 1. The van der Waals surface area contributed by atoms with Gasteiger partial charge in [0.2, 0.25) is 0 Å². The van der Waals surface area contributed by atoms with Crippen LogP contribution in [0.1, 0.15) is 56.9 Å². The van der Waals surface area contributed by atoms with Gasteiger partial charge in [-0.05, 0) is 63.1 Å². The molecule has 0 aromatic heterocycles. The Morgan fingerprint density at radius 1 is 1.19 bits per heavy atom. The fraction of sp³-hybridized carbons (Fsp3) is 0.588. The summed E-state index contributed by atoms with van der Waals surface area (Å²) in [5.41, 5.74) is 1.49. The second-order valence-corrected chi connectivity index (χ2v) is 6.54. The summed E-state index contributed by atoms with van der Waals surface area (Å²) in [6.45, 7) is 0. The van der Waals surface area contributed by atoms with Crippen LogP contribution >= 0.6 is 0 Å². The number of rotatable bonds is 2. The first kappa shape index (κ1) is 13.0. The molecule has 4 rings (SSSR count). The highest BCUT2D eigenvalue weighted by Crippen LogP contribution is 2.45. The van der Waals surface area contributed by atoms with Gasteiger partial charge in [0.05, 0.1) is 11.8 Å². The molecule has 0 atom stereocenters. The second kappa shape index (κ2) is 4.93. The highest BCUT2D eigenvalue weighted by molar-refractivity contribution is 6.04. The molecule has 2 saturated carbocycles.